The van der Waals surface area contributed by atoms with Crippen LogP contribution in [0.1, 0.15) is 6.92 Å². The van der Waals surface area contributed by atoms with Crippen LogP contribution in [0.3, 0.4) is 0 Å². The molecule has 0 spiro atoms. The van der Waals surface area contributed by atoms with Gasteiger partial charge in [-0.1, -0.05) is 34.8 Å². The zero-order valence-corrected chi connectivity index (χ0v) is 13.9. The van der Waals surface area contributed by atoms with Crippen molar-refractivity contribution in [2.75, 3.05) is 11.1 Å². The first-order valence-corrected chi connectivity index (χ1v) is 8.07. The third-order valence-corrected chi connectivity index (χ3v) is 5.01. The first-order valence-electron chi connectivity index (χ1n) is 5.89. The number of benzene rings is 1. The standard InChI is InChI=1S/C12H11Cl3N2O3S/c1-5-17(9(4-21-5)11(18)19)12(20)16-10-7(14)2-6(13)3-8(10)15/h2-3,5,9H,4H2,1H3,(H,16,20)(H,18,19). The van der Waals surface area contributed by atoms with Gasteiger partial charge < -0.3 is 10.4 Å². The van der Waals surface area contributed by atoms with Crippen LogP contribution in [0, 0.1) is 0 Å². The molecule has 1 fully saturated rings. The van der Waals surface area contributed by atoms with E-state index in [4.69, 9.17) is 39.9 Å². The molecule has 2 atom stereocenters. The van der Waals surface area contributed by atoms with E-state index in [-0.39, 0.29) is 21.1 Å². The number of halogens is 3. The maximum atomic E-state index is 12.3. The third-order valence-electron chi connectivity index (χ3n) is 2.98. The van der Waals surface area contributed by atoms with Crippen molar-refractivity contribution in [3.63, 3.8) is 0 Å². The number of aliphatic carboxylic acids is 1. The molecular weight excluding hydrogens is 359 g/mol. The molecule has 0 aromatic heterocycles. The summed E-state index contributed by atoms with van der Waals surface area (Å²) in [5.74, 6) is -0.707. The number of carboxylic acids is 1. The zero-order valence-electron chi connectivity index (χ0n) is 10.8. The summed E-state index contributed by atoms with van der Waals surface area (Å²) < 4.78 is 0. The number of hydrogen-bond donors (Lipinski definition) is 2. The molecule has 0 radical (unpaired) electrons. The fourth-order valence-electron chi connectivity index (χ4n) is 1.97. The number of hydrogen-bond acceptors (Lipinski definition) is 3. The van der Waals surface area contributed by atoms with Crippen LogP contribution in [-0.2, 0) is 4.79 Å². The number of anilines is 1. The van der Waals surface area contributed by atoms with E-state index in [9.17, 15) is 9.59 Å². The van der Waals surface area contributed by atoms with Crippen molar-refractivity contribution in [2.45, 2.75) is 18.3 Å². The molecule has 1 aromatic rings. The fraction of sp³-hybridized carbons (Fsp3) is 0.333. The van der Waals surface area contributed by atoms with Gasteiger partial charge in [-0.05, 0) is 19.1 Å². The summed E-state index contributed by atoms with van der Waals surface area (Å²) in [4.78, 5) is 24.8. The largest absolute Gasteiger partial charge is 0.480 e. The molecule has 114 valence electrons. The molecule has 1 aromatic carbocycles. The second-order valence-corrected chi connectivity index (χ2v) is 6.97. The highest BCUT2D eigenvalue weighted by Gasteiger charge is 2.39. The van der Waals surface area contributed by atoms with Crippen LogP contribution in [0.2, 0.25) is 15.1 Å². The van der Waals surface area contributed by atoms with Gasteiger partial charge in [-0.3, -0.25) is 4.90 Å². The monoisotopic (exact) mass is 368 g/mol. The Bertz CT molecular complexity index is 576. The summed E-state index contributed by atoms with van der Waals surface area (Å²) in [7, 11) is 0. The predicted octanol–water partition coefficient (Wildman–Crippen LogP) is 4.03. The van der Waals surface area contributed by atoms with E-state index in [1.165, 1.54) is 28.8 Å². The highest BCUT2D eigenvalue weighted by Crippen LogP contribution is 2.35. The van der Waals surface area contributed by atoms with E-state index in [0.29, 0.717) is 10.8 Å². The first kappa shape index (κ1) is 16.5. The third kappa shape index (κ3) is 3.51. The van der Waals surface area contributed by atoms with Crippen molar-refractivity contribution in [3.8, 4) is 0 Å². The molecule has 5 nitrogen and oxygen atoms in total. The average molecular weight is 370 g/mol. The van der Waals surface area contributed by atoms with Gasteiger partial charge in [0.2, 0.25) is 0 Å². The summed E-state index contributed by atoms with van der Waals surface area (Å²) in [6, 6.07) is 1.45. The minimum atomic E-state index is -1.05. The molecule has 0 bridgehead atoms. The van der Waals surface area contributed by atoms with E-state index < -0.39 is 18.0 Å². The van der Waals surface area contributed by atoms with Gasteiger partial charge in [0.05, 0.1) is 21.1 Å². The van der Waals surface area contributed by atoms with Crippen LogP contribution in [0.15, 0.2) is 12.1 Å². The van der Waals surface area contributed by atoms with Crippen molar-refractivity contribution in [3.05, 3.63) is 27.2 Å². The van der Waals surface area contributed by atoms with Gasteiger partial charge in [-0.25, -0.2) is 9.59 Å². The minimum Gasteiger partial charge on any atom is -0.480 e. The van der Waals surface area contributed by atoms with Gasteiger partial charge in [-0.15, -0.1) is 11.8 Å². The molecule has 9 heteroatoms. The number of urea groups is 1. The lowest BCUT2D eigenvalue weighted by atomic mass is 10.3. The average Bonchev–Trinajstić information content (AvgIpc) is 2.75. The smallest absolute Gasteiger partial charge is 0.327 e. The Hall–Kier alpha value is -0.820. The summed E-state index contributed by atoms with van der Waals surface area (Å²) in [5, 5.41) is 12.2. The van der Waals surface area contributed by atoms with Crippen LogP contribution in [-0.4, -0.2) is 39.2 Å². The van der Waals surface area contributed by atoms with E-state index in [1.54, 1.807) is 6.92 Å². The van der Waals surface area contributed by atoms with E-state index in [2.05, 4.69) is 5.32 Å². The number of nitrogens with zero attached hydrogens (tertiary/aromatic N) is 1. The number of rotatable bonds is 2. The minimum absolute atomic E-state index is 0.187. The molecule has 0 aliphatic carbocycles. The molecule has 0 saturated carbocycles. The molecule has 1 heterocycles. The normalized spacial score (nSPS) is 21.4. The van der Waals surface area contributed by atoms with Gasteiger partial charge in [-0.2, -0.15) is 0 Å². The predicted molar refractivity (Wildman–Crippen MR) is 85.7 cm³/mol. The number of amides is 2. The van der Waals surface area contributed by atoms with Crippen LogP contribution in [0.5, 0.6) is 0 Å². The second-order valence-electron chi connectivity index (χ2n) is 4.37. The number of carbonyl (C=O) groups is 2. The van der Waals surface area contributed by atoms with Gasteiger partial charge in [0, 0.05) is 10.8 Å². The van der Waals surface area contributed by atoms with E-state index >= 15 is 0 Å². The summed E-state index contributed by atoms with van der Waals surface area (Å²) in [6.45, 7) is 1.76. The highest BCUT2D eigenvalue weighted by molar-refractivity contribution is 8.00. The molecule has 2 rings (SSSR count). The van der Waals surface area contributed by atoms with Crippen molar-refractivity contribution >= 4 is 64.3 Å². The quantitative estimate of drug-likeness (QED) is 0.826. The number of carboxylic acid groups (broad SMARTS) is 1. The highest BCUT2D eigenvalue weighted by atomic mass is 35.5. The van der Waals surface area contributed by atoms with Crippen LogP contribution < -0.4 is 5.32 Å². The van der Waals surface area contributed by atoms with Crippen molar-refractivity contribution in [1.82, 2.24) is 4.90 Å². The molecule has 2 N–H and O–H groups in total. The summed E-state index contributed by atoms with van der Waals surface area (Å²) in [6.07, 6.45) is 0. The van der Waals surface area contributed by atoms with Crippen LogP contribution >= 0.6 is 46.6 Å². The molecule has 2 amide bonds. The van der Waals surface area contributed by atoms with Crippen molar-refractivity contribution in [2.24, 2.45) is 0 Å². The molecule has 1 aliphatic heterocycles. The molecular formula is C12H11Cl3N2O3S. The van der Waals surface area contributed by atoms with E-state index in [0.717, 1.165) is 0 Å². The lowest BCUT2D eigenvalue weighted by molar-refractivity contribution is -0.141. The van der Waals surface area contributed by atoms with Gasteiger partial charge >= 0.3 is 12.0 Å². The first-order chi connectivity index (χ1) is 9.81. The Labute approximate surface area is 140 Å². The zero-order chi connectivity index (χ0) is 15.7. The lowest BCUT2D eigenvalue weighted by Crippen LogP contribution is -2.46. The Morgan fingerprint density at radius 2 is 1.90 bits per heavy atom. The van der Waals surface area contributed by atoms with Crippen LogP contribution in [0.25, 0.3) is 0 Å². The maximum absolute atomic E-state index is 12.3. The van der Waals surface area contributed by atoms with Crippen LogP contribution in [0.4, 0.5) is 10.5 Å². The van der Waals surface area contributed by atoms with Gasteiger partial charge in [0.25, 0.3) is 0 Å². The van der Waals surface area contributed by atoms with Crippen molar-refractivity contribution < 1.29 is 14.7 Å². The van der Waals surface area contributed by atoms with Gasteiger partial charge in [0.1, 0.15) is 6.04 Å². The fourth-order valence-corrected chi connectivity index (χ4v) is 4.05. The Kier molecular flexibility index (Phi) is 5.14. The number of carbonyl (C=O) groups excluding carboxylic acids is 1. The SMILES string of the molecule is CC1SCC(C(=O)O)N1C(=O)Nc1c(Cl)cc(Cl)cc1Cl. The summed E-state index contributed by atoms with van der Waals surface area (Å²) >= 11 is 19.2. The maximum Gasteiger partial charge on any atom is 0.327 e. The molecule has 2 unspecified atom stereocenters. The Morgan fingerprint density at radius 3 is 2.43 bits per heavy atom. The van der Waals surface area contributed by atoms with Crippen molar-refractivity contribution in [1.29, 1.82) is 0 Å². The topological polar surface area (TPSA) is 69.6 Å². The molecule has 1 saturated heterocycles. The summed E-state index contributed by atoms with van der Waals surface area (Å²) in [5.41, 5.74) is 0.209. The number of thioether (sulfide) groups is 1. The van der Waals surface area contributed by atoms with E-state index in [1.807, 2.05) is 0 Å². The Balaban J connectivity index is 2.23. The lowest BCUT2D eigenvalue weighted by Gasteiger charge is -2.25. The second kappa shape index (κ2) is 6.52. The Morgan fingerprint density at radius 1 is 1.33 bits per heavy atom. The van der Waals surface area contributed by atoms with Gasteiger partial charge in [0.15, 0.2) is 0 Å². The number of nitrogens with one attached hydrogen (secondary N) is 1. The molecule has 1 aliphatic rings. The molecule has 21 heavy (non-hydrogen) atoms.